The summed E-state index contributed by atoms with van der Waals surface area (Å²) in [5, 5.41) is 3.30. The highest BCUT2D eigenvalue weighted by Gasteiger charge is 2.26. The number of aryl methyl sites for hydroxylation is 1. The molecule has 20 heavy (non-hydrogen) atoms. The van der Waals surface area contributed by atoms with Crippen LogP contribution in [0.1, 0.15) is 57.2 Å². The highest BCUT2D eigenvalue weighted by molar-refractivity contribution is 5.17. The van der Waals surface area contributed by atoms with E-state index >= 15 is 0 Å². The maximum absolute atomic E-state index is 6.06. The predicted octanol–water partition coefficient (Wildman–Crippen LogP) is 3.24. The Morgan fingerprint density at radius 2 is 2.10 bits per heavy atom. The van der Waals surface area contributed by atoms with E-state index in [1.54, 1.807) is 0 Å². The standard InChI is InChI=1S/C16H27N3O/c1-4-13-8-6-7-9-15(13)20-16-18-11-14(10-17-5-2)12(3)19-16/h11,13,15,17H,4-10H2,1-3H3. The van der Waals surface area contributed by atoms with Crippen LogP contribution in [0, 0.1) is 12.8 Å². The maximum Gasteiger partial charge on any atom is 0.316 e. The molecule has 0 spiro atoms. The van der Waals surface area contributed by atoms with Gasteiger partial charge in [-0.1, -0.05) is 20.3 Å². The number of aromatic nitrogens is 2. The number of rotatable bonds is 6. The summed E-state index contributed by atoms with van der Waals surface area (Å²) >= 11 is 0. The fourth-order valence-corrected chi connectivity index (χ4v) is 2.89. The first-order valence-electron chi connectivity index (χ1n) is 7.94. The molecule has 0 aliphatic heterocycles. The van der Waals surface area contributed by atoms with Gasteiger partial charge < -0.3 is 10.1 Å². The third-order valence-electron chi connectivity index (χ3n) is 4.24. The van der Waals surface area contributed by atoms with Gasteiger partial charge in [-0.2, -0.15) is 0 Å². The molecule has 1 N–H and O–H groups in total. The van der Waals surface area contributed by atoms with E-state index in [1.807, 2.05) is 13.1 Å². The molecule has 1 aliphatic rings. The van der Waals surface area contributed by atoms with Crippen LogP contribution in [0.2, 0.25) is 0 Å². The van der Waals surface area contributed by atoms with Gasteiger partial charge in [0.05, 0.1) is 0 Å². The van der Waals surface area contributed by atoms with E-state index in [4.69, 9.17) is 4.74 Å². The first-order chi connectivity index (χ1) is 9.74. The quantitative estimate of drug-likeness (QED) is 0.867. The first kappa shape index (κ1) is 15.2. The van der Waals surface area contributed by atoms with Crippen LogP contribution in [-0.4, -0.2) is 22.6 Å². The lowest BCUT2D eigenvalue weighted by atomic mass is 9.85. The van der Waals surface area contributed by atoms with Crippen molar-refractivity contribution in [1.29, 1.82) is 0 Å². The van der Waals surface area contributed by atoms with E-state index in [0.717, 1.165) is 30.8 Å². The maximum atomic E-state index is 6.06. The van der Waals surface area contributed by atoms with Crippen LogP contribution in [0.3, 0.4) is 0 Å². The van der Waals surface area contributed by atoms with Gasteiger partial charge in [0.15, 0.2) is 0 Å². The lowest BCUT2D eigenvalue weighted by Crippen LogP contribution is -2.30. The molecule has 112 valence electrons. The van der Waals surface area contributed by atoms with E-state index < -0.39 is 0 Å². The van der Waals surface area contributed by atoms with Gasteiger partial charge in [-0.3, -0.25) is 0 Å². The Hall–Kier alpha value is -1.16. The average molecular weight is 277 g/mol. The third-order valence-corrected chi connectivity index (χ3v) is 4.24. The molecule has 1 fully saturated rings. The van der Waals surface area contributed by atoms with Crippen molar-refractivity contribution >= 4 is 0 Å². The van der Waals surface area contributed by atoms with E-state index in [2.05, 4.69) is 29.1 Å². The minimum atomic E-state index is 0.299. The van der Waals surface area contributed by atoms with Crippen LogP contribution in [0.5, 0.6) is 6.01 Å². The molecule has 0 amide bonds. The van der Waals surface area contributed by atoms with Crippen LogP contribution >= 0.6 is 0 Å². The number of nitrogens with one attached hydrogen (secondary N) is 1. The summed E-state index contributed by atoms with van der Waals surface area (Å²) in [6.07, 6.45) is 8.39. The Bertz CT molecular complexity index is 422. The molecule has 1 aromatic heterocycles. The molecule has 1 aromatic rings. The number of ether oxygens (including phenoxy) is 1. The van der Waals surface area contributed by atoms with Crippen molar-refractivity contribution in [2.75, 3.05) is 6.54 Å². The fraction of sp³-hybridized carbons (Fsp3) is 0.750. The third kappa shape index (κ3) is 3.92. The van der Waals surface area contributed by atoms with Gasteiger partial charge in [-0.15, -0.1) is 0 Å². The molecule has 2 unspecified atom stereocenters. The van der Waals surface area contributed by atoms with Gasteiger partial charge in [0, 0.05) is 24.0 Å². The van der Waals surface area contributed by atoms with Crippen molar-refractivity contribution in [1.82, 2.24) is 15.3 Å². The second-order valence-electron chi connectivity index (χ2n) is 5.65. The van der Waals surface area contributed by atoms with E-state index in [-0.39, 0.29) is 0 Å². The smallest absolute Gasteiger partial charge is 0.316 e. The fourth-order valence-electron chi connectivity index (χ4n) is 2.89. The van der Waals surface area contributed by atoms with Gasteiger partial charge in [-0.05, 0) is 45.1 Å². The summed E-state index contributed by atoms with van der Waals surface area (Å²) in [5.74, 6) is 0.661. The topological polar surface area (TPSA) is 47.0 Å². The Kier molecular flexibility index (Phi) is 5.77. The Labute approximate surface area is 122 Å². The van der Waals surface area contributed by atoms with Gasteiger partial charge >= 0.3 is 6.01 Å². The van der Waals surface area contributed by atoms with Crippen LogP contribution in [0.4, 0.5) is 0 Å². The van der Waals surface area contributed by atoms with Gasteiger partial charge in [0.1, 0.15) is 6.10 Å². The lowest BCUT2D eigenvalue weighted by Gasteiger charge is -2.30. The zero-order valence-corrected chi connectivity index (χ0v) is 13.0. The number of nitrogens with zero attached hydrogens (tertiary/aromatic N) is 2. The number of hydrogen-bond acceptors (Lipinski definition) is 4. The largest absolute Gasteiger partial charge is 0.460 e. The number of hydrogen-bond donors (Lipinski definition) is 1. The summed E-state index contributed by atoms with van der Waals surface area (Å²) in [4.78, 5) is 8.90. The molecule has 2 atom stereocenters. The van der Waals surface area contributed by atoms with Gasteiger partial charge in [0.25, 0.3) is 0 Å². The molecule has 1 aliphatic carbocycles. The van der Waals surface area contributed by atoms with Crippen LogP contribution in [0.15, 0.2) is 6.20 Å². The van der Waals surface area contributed by atoms with Gasteiger partial charge in [0.2, 0.25) is 0 Å². The van der Waals surface area contributed by atoms with Crippen molar-refractivity contribution in [3.63, 3.8) is 0 Å². The molecule has 0 aromatic carbocycles. The SMILES string of the molecule is CCNCc1cnc(OC2CCCCC2CC)nc1C. The van der Waals surface area contributed by atoms with E-state index in [1.165, 1.54) is 25.7 Å². The van der Waals surface area contributed by atoms with Crippen LogP contribution < -0.4 is 10.1 Å². The molecule has 0 saturated heterocycles. The van der Waals surface area contributed by atoms with Crippen molar-refractivity contribution in [2.24, 2.45) is 5.92 Å². The zero-order chi connectivity index (χ0) is 14.4. The molecule has 1 saturated carbocycles. The first-order valence-corrected chi connectivity index (χ1v) is 7.94. The van der Waals surface area contributed by atoms with Crippen molar-refractivity contribution in [2.45, 2.75) is 65.5 Å². The molecule has 0 radical (unpaired) electrons. The Morgan fingerprint density at radius 1 is 1.30 bits per heavy atom. The van der Waals surface area contributed by atoms with E-state index in [0.29, 0.717) is 18.0 Å². The molecule has 4 nitrogen and oxygen atoms in total. The Morgan fingerprint density at radius 3 is 2.80 bits per heavy atom. The molecule has 4 heteroatoms. The predicted molar refractivity (Wildman–Crippen MR) is 80.8 cm³/mol. The Balaban J connectivity index is 2.00. The second kappa shape index (κ2) is 7.58. The van der Waals surface area contributed by atoms with Crippen molar-refractivity contribution < 1.29 is 4.74 Å². The summed E-state index contributed by atoms with van der Waals surface area (Å²) < 4.78 is 6.06. The second-order valence-corrected chi connectivity index (χ2v) is 5.65. The summed E-state index contributed by atoms with van der Waals surface area (Å²) in [5.41, 5.74) is 2.16. The summed E-state index contributed by atoms with van der Waals surface area (Å²) in [7, 11) is 0. The zero-order valence-electron chi connectivity index (χ0n) is 13.0. The normalized spacial score (nSPS) is 22.8. The molecule has 0 bridgehead atoms. The van der Waals surface area contributed by atoms with Crippen LogP contribution in [-0.2, 0) is 6.54 Å². The van der Waals surface area contributed by atoms with Crippen molar-refractivity contribution in [3.8, 4) is 6.01 Å². The highest BCUT2D eigenvalue weighted by atomic mass is 16.5. The monoisotopic (exact) mass is 277 g/mol. The average Bonchev–Trinajstić information content (AvgIpc) is 2.47. The molecule has 1 heterocycles. The highest BCUT2D eigenvalue weighted by Crippen LogP contribution is 2.29. The minimum Gasteiger partial charge on any atom is -0.460 e. The van der Waals surface area contributed by atoms with Crippen LogP contribution in [0.25, 0.3) is 0 Å². The molecular formula is C16H27N3O. The molecular weight excluding hydrogens is 250 g/mol. The summed E-state index contributed by atoms with van der Waals surface area (Å²) in [6.45, 7) is 8.15. The molecule has 2 rings (SSSR count). The minimum absolute atomic E-state index is 0.299. The lowest BCUT2D eigenvalue weighted by molar-refractivity contribution is 0.0807. The van der Waals surface area contributed by atoms with E-state index in [9.17, 15) is 0 Å². The van der Waals surface area contributed by atoms with Crippen molar-refractivity contribution in [3.05, 3.63) is 17.5 Å². The summed E-state index contributed by atoms with van der Waals surface area (Å²) in [6, 6.07) is 0.549. The van der Waals surface area contributed by atoms with Gasteiger partial charge in [-0.25, -0.2) is 9.97 Å².